The van der Waals surface area contributed by atoms with Crippen molar-refractivity contribution in [3.05, 3.63) is 65.2 Å². The van der Waals surface area contributed by atoms with E-state index in [4.69, 9.17) is 0 Å². The summed E-state index contributed by atoms with van der Waals surface area (Å²) in [6.07, 6.45) is 7.16. The number of benzene rings is 2. The number of nitrogens with one attached hydrogen (secondary N) is 1. The van der Waals surface area contributed by atoms with Gasteiger partial charge >= 0.3 is 0 Å². The number of hydrogen-bond acceptors (Lipinski definition) is 3. The molecule has 0 atom stereocenters. The van der Waals surface area contributed by atoms with Gasteiger partial charge in [-0.3, -0.25) is 4.79 Å². The standard InChI is InChI=1S/C24H30N2O3S/c27-24(26-17-16-20-6-4-5-7-21(20)18-26)15-12-19-10-13-23(14-11-19)30(28,29)25-22-8-2-1-3-9-22/h4-7,10-11,13-14,22,25H,1-3,8-9,12,15-18H2. The maximum Gasteiger partial charge on any atom is 0.240 e. The van der Waals surface area contributed by atoms with Crippen LogP contribution in [0, 0.1) is 0 Å². The van der Waals surface area contributed by atoms with Crippen molar-refractivity contribution in [3.8, 4) is 0 Å². The largest absolute Gasteiger partial charge is 0.338 e. The van der Waals surface area contributed by atoms with E-state index in [1.807, 2.05) is 29.2 Å². The molecule has 0 radical (unpaired) electrons. The van der Waals surface area contributed by atoms with E-state index < -0.39 is 10.0 Å². The molecule has 1 fully saturated rings. The van der Waals surface area contributed by atoms with Gasteiger partial charge in [-0.1, -0.05) is 55.7 Å². The zero-order valence-electron chi connectivity index (χ0n) is 17.3. The van der Waals surface area contributed by atoms with E-state index in [2.05, 4.69) is 16.9 Å². The average molecular weight is 427 g/mol. The number of carbonyl (C=O) groups excluding carboxylic acids is 1. The molecule has 2 aliphatic rings. The molecule has 2 aromatic rings. The Morgan fingerprint density at radius 1 is 0.967 bits per heavy atom. The first-order chi connectivity index (χ1) is 14.5. The highest BCUT2D eigenvalue weighted by Crippen LogP contribution is 2.21. The fourth-order valence-corrected chi connectivity index (χ4v) is 5.77. The van der Waals surface area contributed by atoms with Crippen LogP contribution in [0.25, 0.3) is 0 Å². The van der Waals surface area contributed by atoms with E-state index in [-0.39, 0.29) is 11.9 Å². The number of hydrogen-bond donors (Lipinski definition) is 1. The van der Waals surface area contributed by atoms with Gasteiger partial charge in [0, 0.05) is 25.6 Å². The van der Waals surface area contributed by atoms with Crippen LogP contribution in [-0.4, -0.2) is 31.8 Å². The second-order valence-corrected chi connectivity index (χ2v) is 10.1. The number of amides is 1. The summed E-state index contributed by atoms with van der Waals surface area (Å²) in [6.45, 7) is 1.44. The van der Waals surface area contributed by atoms with Gasteiger partial charge in [-0.2, -0.15) is 0 Å². The van der Waals surface area contributed by atoms with Crippen molar-refractivity contribution in [2.45, 2.75) is 68.8 Å². The van der Waals surface area contributed by atoms with Crippen molar-refractivity contribution in [3.63, 3.8) is 0 Å². The van der Waals surface area contributed by atoms with Gasteiger partial charge in [0.2, 0.25) is 15.9 Å². The monoisotopic (exact) mass is 426 g/mol. The Morgan fingerprint density at radius 2 is 1.67 bits per heavy atom. The highest BCUT2D eigenvalue weighted by Gasteiger charge is 2.22. The highest BCUT2D eigenvalue weighted by atomic mass is 32.2. The molecule has 0 saturated heterocycles. The first kappa shape index (κ1) is 21.1. The summed E-state index contributed by atoms with van der Waals surface area (Å²) in [7, 11) is -3.48. The quantitative estimate of drug-likeness (QED) is 0.764. The van der Waals surface area contributed by atoms with E-state index in [9.17, 15) is 13.2 Å². The van der Waals surface area contributed by atoms with Crippen molar-refractivity contribution in [2.75, 3.05) is 6.54 Å². The highest BCUT2D eigenvalue weighted by molar-refractivity contribution is 7.89. The molecule has 0 spiro atoms. The van der Waals surface area contributed by atoms with Crippen LogP contribution in [0.4, 0.5) is 0 Å². The lowest BCUT2D eigenvalue weighted by atomic mass is 9.96. The summed E-state index contributed by atoms with van der Waals surface area (Å²) >= 11 is 0. The molecule has 1 N–H and O–H groups in total. The number of rotatable bonds is 6. The smallest absolute Gasteiger partial charge is 0.240 e. The summed E-state index contributed by atoms with van der Waals surface area (Å²) < 4.78 is 28.1. The Morgan fingerprint density at radius 3 is 2.40 bits per heavy atom. The molecule has 0 aromatic heterocycles. The van der Waals surface area contributed by atoms with Crippen LogP contribution < -0.4 is 4.72 Å². The normalized spacial score (nSPS) is 17.5. The predicted molar refractivity (Wildman–Crippen MR) is 118 cm³/mol. The molecule has 1 heterocycles. The van der Waals surface area contributed by atoms with Gasteiger partial charge in [-0.05, 0) is 54.5 Å². The Balaban J connectivity index is 1.31. The van der Waals surface area contributed by atoms with Crippen molar-refractivity contribution < 1.29 is 13.2 Å². The SMILES string of the molecule is O=C(CCc1ccc(S(=O)(=O)NC2CCCCC2)cc1)N1CCc2ccccc2C1. The number of aryl methyl sites for hydroxylation is 1. The summed E-state index contributed by atoms with van der Waals surface area (Å²) in [4.78, 5) is 14.9. The summed E-state index contributed by atoms with van der Waals surface area (Å²) in [6, 6.07) is 15.3. The van der Waals surface area contributed by atoms with Gasteiger partial charge in [0.15, 0.2) is 0 Å². The third kappa shape index (κ3) is 5.10. The third-order valence-electron chi connectivity index (χ3n) is 6.27. The second kappa shape index (κ2) is 9.31. The molecule has 5 nitrogen and oxygen atoms in total. The van der Waals surface area contributed by atoms with Crippen LogP contribution in [0.15, 0.2) is 53.4 Å². The van der Waals surface area contributed by atoms with Gasteiger partial charge in [-0.25, -0.2) is 13.1 Å². The molecule has 0 unspecified atom stereocenters. The lowest BCUT2D eigenvalue weighted by molar-refractivity contribution is -0.132. The first-order valence-corrected chi connectivity index (χ1v) is 12.5. The predicted octanol–water partition coefficient (Wildman–Crippen LogP) is 3.82. The van der Waals surface area contributed by atoms with Crippen molar-refractivity contribution in [1.82, 2.24) is 9.62 Å². The van der Waals surface area contributed by atoms with Crippen LogP contribution >= 0.6 is 0 Å². The molecule has 1 aliphatic carbocycles. The minimum Gasteiger partial charge on any atom is -0.338 e. The third-order valence-corrected chi connectivity index (χ3v) is 7.81. The number of nitrogens with zero attached hydrogens (tertiary/aromatic N) is 1. The first-order valence-electron chi connectivity index (χ1n) is 11.0. The fraction of sp³-hybridized carbons (Fsp3) is 0.458. The molecule has 1 saturated carbocycles. The molecule has 1 aliphatic heterocycles. The van der Waals surface area contributed by atoms with Crippen molar-refractivity contribution >= 4 is 15.9 Å². The maximum absolute atomic E-state index is 12.6. The molecule has 2 aromatic carbocycles. The van der Waals surface area contributed by atoms with E-state index in [0.717, 1.165) is 44.2 Å². The number of sulfonamides is 1. The summed E-state index contributed by atoms with van der Waals surface area (Å²) in [5, 5.41) is 0. The fourth-order valence-electron chi connectivity index (χ4n) is 4.46. The Labute approximate surface area is 179 Å². The van der Waals surface area contributed by atoms with Crippen molar-refractivity contribution in [1.29, 1.82) is 0 Å². The van der Waals surface area contributed by atoms with Crippen LogP contribution in [-0.2, 0) is 34.2 Å². The molecule has 30 heavy (non-hydrogen) atoms. The minimum absolute atomic E-state index is 0.0516. The van der Waals surface area contributed by atoms with Crippen LogP contribution in [0.5, 0.6) is 0 Å². The topological polar surface area (TPSA) is 66.5 Å². The average Bonchev–Trinajstić information content (AvgIpc) is 2.78. The van der Waals surface area contributed by atoms with Crippen LogP contribution in [0.1, 0.15) is 55.2 Å². The number of fused-ring (bicyclic) bond motifs is 1. The second-order valence-electron chi connectivity index (χ2n) is 8.43. The van der Waals surface area contributed by atoms with Gasteiger partial charge < -0.3 is 4.90 Å². The van der Waals surface area contributed by atoms with Gasteiger partial charge in [0.25, 0.3) is 0 Å². The van der Waals surface area contributed by atoms with Crippen molar-refractivity contribution in [2.24, 2.45) is 0 Å². The Hall–Kier alpha value is -2.18. The lowest BCUT2D eigenvalue weighted by Crippen LogP contribution is -2.36. The van der Waals surface area contributed by atoms with Crippen LogP contribution in [0.2, 0.25) is 0 Å². The molecular weight excluding hydrogens is 396 g/mol. The van der Waals surface area contributed by atoms with Crippen LogP contribution in [0.3, 0.4) is 0 Å². The van der Waals surface area contributed by atoms with E-state index in [0.29, 0.717) is 24.3 Å². The number of carbonyl (C=O) groups is 1. The zero-order chi connectivity index (χ0) is 21.0. The van der Waals surface area contributed by atoms with E-state index >= 15 is 0 Å². The zero-order valence-corrected chi connectivity index (χ0v) is 18.2. The summed E-state index contributed by atoms with van der Waals surface area (Å²) in [5.74, 6) is 0.153. The minimum atomic E-state index is -3.48. The Kier molecular flexibility index (Phi) is 6.54. The summed E-state index contributed by atoms with van der Waals surface area (Å²) in [5.41, 5.74) is 3.55. The molecule has 1 amide bonds. The molecular formula is C24H30N2O3S. The molecule has 6 heteroatoms. The Bertz CT molecular complexity index is 980. The van der Waals surface area contributed by atoms with Gasteiger partial charge in [0.1, 0.15) is 0 Å². The van der Waals surface area contributed by atoms with E-state index in [1.165, 1.54) is 17.5 Å². The van der Waals surface area contributed by atoms with Gasteiger partial charge in [-0.15, -0.1) is 0 Å². The molecule has 0 bridgehead atoms. The van der Waals surface area contributed by atoms with E-state index in [1.54, 1.807) is 12.1 Å². The molecule has 160 valence electrons. The molecule has 4 rings (SSSR count). The van der Waals surface area contributed by atoms with Gasteiger partial charge in [0.05, 0.1) is 4.90 Å². The lowest BCUT2D eigenvalue weighted by Gasteiger charge is -2.29. The maximum atomic E-state index is 12.6.